The summed E-state index contributed by atoms with van der Waals surface area (Å²) in [5.41, 5.74) is 0.148. The molecule has 1 fully saturated rings. The van der Waals surface area contributed by atoms with E-state index in [1.165, 1.54) is 0 Å². The molecule has 1 heterocycles. The smallest absolute Gasteiger partial charge is 0.0631 e. The highest BCUT2D eigenvalue weighted by Crippen LogP contribution is 2.36. The Bertz CT molecular complexity index is 265. The highest BCUT2D eigenvalue weighted by molar-refractivity contribution is 4.96. The first-order chi connectivity index (χ1) is 8.41. The fourth-order valence-electron chi connectivity index (χ4n) is 2.52. The van der Waals surface area contributed by atoms with Crippen LogP contribution < -0.4 is 5.32 Å². The van der Waals surface area contributed by atoms with Crippen molar-refractivity contribution in [3.63, 3.8) is 0 Å². The van der Waals surface area contributed by atoms with Gasteiger partial charge in [-0.05, 0) is 33.1 Å². The van der Waals surface area contributed by atoms with Gasteiger partial charge in [0.05, 0.1) is 18.3 Å². The molecule has 0 aromatic heterocycles. The number of methoxy groups -OCH3 is 1. The van der Waals surface area contributed by atoms with Gasteiger partial charge >= 0.3 is 0 Å². The lowest BCUT2D eigenvalue weighted by Gasteiger charge is -2.30. The summed E-state index contributed by atoms with van der Waals surface area (Å²) in [6, 6.07) is 0. The second kappa shape index (κ2) is 6.69. The molecule has 0 amide bonds. The predicted molar refractivity (Wildman–Crippen MR) is 75.9 cm³/mol. The molecule has 3 heteroatoms. The van der Waals surface area contributed by atoms with Crippen molar-refractivity contribution in [1.29, 1.82) is 0 Å². The molecule has 1 aliphatic heterocycles. The van der Waals surface area contributed by atoms with Crippen molar-refractivity contribution < 1.29 is 9.47 Å². The Labute approximate surface area is 112 Å². The summed E-state index contributed by atoms with van der Waals surface area (Å²) in [4.78, 5) is 0. The van der Waals surface area contributed by atoms with Crippen LogP contribution in [0.25, 0.3) is 0 Å². The van der Waals surface area contributed by atoms with Gasteiger partial charge in [-0.3, -0.25) is 0 Å². The Morgan fingerprint density at radius 3 is 2.78 bits per heavy atom. The van der Waals surface area contributed by atoms with Crippen LogP contribution in [0, 0.1) is 5.41 Å². The molecule has 0 aromatic carbocycles. The van der Waals surface area contributed by atoms with E-state index in [1.807, 2.05) is 0 Å². The van der Waals surface area contributed by atoms with Crippen LogP contribution in [0.3, 0.4) is 0 Å². The Balaban J connectivity index is 2.37. The lowest BCUT2D eigenvalue weighted by Crippen LogP contribution is -2.35. The first-order valence-electron chi connectivity index (χ1n) is 6.92. The van der Waals surface area contributed by atoms with Crippen LogP contribution in [0.2, 0.25) is 0 Å². The molecular weight excluding hydrogens is 226 g/mol. The van der Waals surface area contributed by atoms with Gasteiger partial charge in [0.2, 0.25) is 0 Å². The average molecular weight is 255 g/mol. The molecule has 2 atom stereocenters. The monoisotopic (exact) mass is 255 g/mol. The van der Waals surface area contributed by atoms with Gasteiger partial charge in [0.1, 0.15) is 0 Å². The van der Waals surface area contributed by atoms with Gasteiger partial charge in [0.15, 0.2) is 0 Å². The molecule has 1 rings (SSSR count). The zero-order valence-electron chi connectivity index (χ0n) is 12.4. The molecule has 0 spiro atoms. The Hall–Kier alpha value is -0.380. The van der Waals surface area contributed by atoms with Crippen LogP contribution >= 0.6 is 0 Å². The molecule has 18 heavy (non-hydrogen) atoms. The van der Waals surface area contributed by atoms with Crippen LogP contribution in [0.5, 0.6) is 0 Å². The lowest BCUT2D eigenvalue weighted by atomic mass is 9.83. The lowest BCUT2D eigenvalue weighted by molar-refractivity contribution is -0.0290. The molecule has 0 saturated carbocycles. The maximum Gasteiger partial charge on any atom is 0.0631 e. The Kier molecular flexibility index (Phi) is 5.83. The zero-order valence-corrected chi connectivity index (χ0v) is 12.4. The largest absolute Gasteiger partial charge is 0.383 e. The number of hydrogen-bond donors (Lipinski definition) is 1. The molecule has 1 N–H and O–H groups in total. The van der Waals surface area contributed by atoms with Crippen LogP contribution in [0.4, 0.5) is 0 Å². The van der Waals surface area contributed by atoms with Crippen LogP contribution in [0.15, 0.2) is 12.7 Å². The van der Waals surface area contributed by atoms with E-state index in [0.717, 1.165) is 39.0 Å². The minimum absolute atomic E-state index is 0.0518. The van der Waals surface area contributed by atoms with E-state index in [-0.39, 0.29) is 11.0 Å². The molecule has 1 aliphatic rings. The third kappa shape index (κ3) is 5.09. The quantitative estimate of drug-likeness (QED) is 0.534. The van der Waals surface area contributed by atoms with Crippen LogP contribution in [-0.4, -0.2) is 38.5 Å². The van der Waals surface area contributed by atoms with Crippen molar-refractivity contribution in [2.45, 2.75) is 51.7 Å². The molecule has 3 nitrogen and oxygen atoms in total. The van der Waals surface area contributed by atoms with Gasteiger partial charge in [-0.2, -0.15) is 0 Å². The van der Waals surface area contributed by atoms with Crippen molar-refractivity contribution in [3.05, 3.63) is 12.7 Å². The van der Waals surface area contributed by atoms with Gasteiger partial charge < -0.3 is 14.8 Å². The summed E-state index contributed by atoms with van der Waals surface area (Å²) in [5, 5.41) is 3.42. The molecule has 106 valence electrons. The predicted octanol–water partition coefficient (Wildman–Crippen LogP) is 2.76. The minimum Gasteiger partial charge on any atom is -0.383 e. The second-order valence-electron chi connectivity index (χ2n) is 6.27. The van der Waals surface area contributed by atoms with Crippen molar-refractivity contribution >= 4 is 0 Å². The summed E-state index contributed by atoms with van der Waals surface area (Å²) in [6.45, 7) is 13.1. The zero-order chi connectivity index (χ0) is 13.6. The van der Waals surface area contributed by atoms with E-state index < -0.39 is 0 Å². The third-order valence-corrected chi connectivity index (χ3v) is 3.75. The van der Waals surface area contributed by atoms with Gasteiger partial charge in [0, 0.05) is 25.6 Å². The first kappa shape index (κ1) is 15.7. The Morgan fingerprint density at radius 2 is 2.28 bits per heavy atom. The first-order valence-corrected chi connectivity index (χ1v) is 6.92. The second-order valence-corrected chi connectivity index (χ2v) is 6.27. The highest BCUT2D eigenvalue weighted by atomic mass is 16.5. The summed E-state index contributed by atoms with van der Waals surface area (Å²) in [7, 11) is 1.73. The van der Waals surface area contributed by atoms with E-state index in [0.29, 0.717) is 6.10 Å². The van der Waals surface area contributed by atoms with Crippen molar-refractivity contribution in [3.8, 4) is 0 Å². The molecule has 0 aliphatic carbocycles. The summed E-state index contributed by atoms with van der Waals surface area (Å²) in [6.07, 6.45) is 5.78. The normalized spacial score (nSPS) is 25.9. The number of ether oxygens (including phenoxy) is 2. The molecule has 1 saturated heterocycles. The molecule has 0 bridgehead atoms. The number of rotatable bonds is 8. The van der Waals surface area contributed by atoms with Crippen molar-refractivity contribution in [1.82, 2.24) is 5.32 Å². The standard InChI is InChI=1S/C15H29NO2/c1-6-15(4,12-16-9-10-17-5)11-13-7-8-14(2,3)18-13/h6,13,16H,1,7-12H2,2-5H3. The number of nitrogens with one attached hydrogen (secondary N) is 1. The fourth-order valence-corrected chi connectivity index (χ4v) is 2.52. The average Bonchev–Trinajstić information content (AvgIpc) is 2.64. The van der Waals surface area contributed by atoms with Gasteiger partial charge in [-0.1, -0.05) is 13.0 Å². The van der Waals surface area contributed by atoms with Crippen LogP contribution in [0.1, 0.15) is 40.0 Å². The fraction of sp³-hybridized carbons (Fsp3) is 0.867. The van der Waals surface area contributed by atoms with Gasteiger partial charge in [0.25, 0.3) is 0 Å². The third-order valence-electron chi connectivity index (χ3n) is 3.75. The Morgan fingerprint density at radius 1 is 1.56 bits per heavy atom. The topological polar surface area (TPSA) is 30.5 Å². The van der Waals surface area contributed by atoms with Gasteiger partial charge in [-0.25, -0.2) is 0 Å². The molecular formula is C15H29NO2. The summed E-state index contributed by atoms with van der Waals surface area (Å²) in [5.74, 6) is 0. The van der Waals surface area contributed by atoms with E-state index in [2.05, 4.69) is 38.7 Å². The van der Waals surface area contributed by atoms with Crippen molar-refractivity contribution in [2.24, 2.45) is 5.41 Å². The SMILES string of the molecule is C=CC(C)(CNCCOC)CC1CCC(C)(C)O1. The molecule has 0 radical (unpaired) electrons. The van der Waals surface area contributed by atoms with E-state index >= 15 is 0 Å². The van der Waals surface area contributed by atoms with E-state index in [1.54, 1.807) is 7.11 Å². The summed E-state index contributed by atoms with van der Waals surface area (Å²) < 4.78 is 11.1. The van der Waals surface area contributed by atoms with Crippen molar-refractivity contribution in [2.75, 3.05) is 26.8 Å². The maximum atomic E-state index is 6.07. The van der Waals surface area contributed by atoms with Crippen LogP contribution in [-0.2, 0) is 9.47 Å². The summed E-state index contributed by atoms with van der Waals surface area (Å²) >= 11 is 0. The van der Waals surface area contributed by atoms with E-state index in [4.69, 9.17) is 9.47 Å². The highest BCUT2D eigenvalue weighted by Gasteiger charge is 2.35. The molecule has 0 aromatic rings. The number of hydrogen-bond acceptors (Lipinski definition) is 3. The maximum absolute atomic E-state index is 6.07. The van der Waals surface area contributed by atoms with E-state index in [9.17, 15) is 0 Å². The van der Waals surface area contributed by atoms with Gasteiger partial charge in [-0.15, -0.1) is 6.58 Å². The minimum atomic E-state index is 0.0518. The molecule has 2 unspecified atom stereocenters.